The standard InChI is InChI=1S/C32H43N5O2S/c1-37(2)30-27-9-5-6-10-28(27)35-31(36-30)34-25-15-13-24(14-16-25)33-29(38)21-32(19-7-4-8-20-32)40-22-23-11-17-26(39-3)18-12-23/h5-6,9-12,17-18,24-25H,4,7-8,13-16,19-22H2,1-3H3,(H,33,38)(H,34,35,36). The Labute approximate surface area is 242 Å². The molecule has 2 aliphatic rings. The Hall–Kier alpha value is -3.00. The summed E-state index contributed by atoms with van der Waals surface area (Å²) in [5.41, 5.74) is 2.24. The molecule has 5 rings (SSSR count). The molecule has 2 saturated carbocycles. The molecule has 0 aliphatic heterocycles. The van der Waals surface area contributed by atoms with Crippen molar-refractivity contribution in [2.45, 2.75) is 86.8 Å². The van der Waals surface area contributed by atoms with Crippen molar-refractivity contribution in [3.05, 3.63) is 54.1 Å². The highest BCUT2D eigenvalue weighted by Gasteiger charge is 2.35. The predicted octanol–water partition coefficient (Wildman–Crippen LogP) is 6.57. The first-order valence-corrected chi connectivity index (χ1v) is 15.7. The summed E-state index contributed by atoms with van der Waals surface area (Å²) in [6.45, 7) is 0. The summed E-state index contributed by atoms with van der Waals surface area (Å²) in [5.74, 6) is 3.64. The van der Waals surface area contributed by atoms with Crippen LogP contribution in [0.15, 0.2) is 48.5 Å². The SMILES string of the molecule is COc1ccc(CSC2(CC(=O)NC3CCC(Nc4nc(N(C)C)c5ccccc5n4)CC3)CCCCC2)cc1. The monoisotopic (exact) mass is 561 g/mol. The molecule has 2 N–H and O–H groups in total. The number of ether oxygens (including phenoxy) is 1. The third-order valence-electron chi connectivity index (χ3n) is 8.38. The van der Waals surface area contributed by atoms with E-state index in [0.717, 1.165) is 66.7 Å². The molecule has 1 amide bonds. The minimum Gasteiger partial charge on any atom is -0.497 e. The van der Waals surface area contributed by atoms with Crippen molar-refractivity contribution in [3.63, 3.8) is 0 Å². The van der Waals surface area contributed by atoms with Crippen molar-refractivity contribution in [1.82, 2.24) is 15.3 Å². The lowest BCUT2D eigenvalue weighted by molar-refractivity contribution is -0.122. The molecule has 3 aromatic rings. The van der Waals surface area contributed by atoms with Gasteiger partial charge in [-0.05, 0) is 68.4 Å². The van der Waals surface area contributed by atoms with Crippen LogP contribution >= 0.6 is 11.8 Å². The second-order valence-electron chi connectivity index (χ2n) is 11.6. The number of anilines is 2. The van der Waals surface area contributed by atoms with Crippen molar-refractivity contribution in [2.24, 2.45) is 0 Å². The van der Waals surface area contributed by atoms with Crippen LogP contribution in [0, 0.1) is 0 Å². The minimum atomic E-state index is 0.0403. The summed E-state index contributed by atoms with van der Waals surface area (Å²) in [5, 5.41) is 8.04. The Morgan fingerprint density at radius 3 is 2.38 bits per heavy atom. The zero-order chi connectivity index (χ0) is 28.0. The zero-order valence-corrected chi connectivity index (χ0v) is 24.9. The fourth-order valence-corrected chi connectivity index (χ4v) is 7.60. The fourth-order valence-electron chi connectivity index (χ4n) is 6.13. The highest BCUT2D eigenvalue weighted by atomic mass is 32.2. The normalized spacial score (nSPS) is 20.6. The maximum atomic E-state index is 13.3. The molecule has 0 unspecified atom stereocenters. The molecule has 2 aliphatic carbocycles. The predicted molar refractivity (Wildman–Crippen MR) is 166 cm³/mol. The van der Waals surface area contributed by atoms with E-state index < -0.39 is 0 Å². The Bertz CT molecular complexity index is 1270. The largest absolute Gasteiger partial charge is 0.497 e. The number of para-hydroxylation sites is 1. The smallest absolute Gasteiger partial charge is 0.225 e. The van der Waals surface area contributed by atoms with Gasteiger partial charge in [-0.15, -0.1) is 11.8 Å². The molecular weight excluding hydrogens is 518 g/mol. The highest BCUT2D eigenvalue weighted by molar-refractivity contribution is 7.99. The van der Waals surface area contributed by atoms with Gasteiger partial charge in [0.05, 0.1) is 12.6 Å². The number of fused-ring (bicyclic) bond motifs is 1. The van der Waals surface area contributed by atoms with Crippen LogP contribution < -0.4 is 20.3 Å². The van der Waals surface area contributed by atoms with Crippen LogP contribution in [0.3, 0.4) is 0 Å². The highest BCUT2D eigenvalue weighted by Crippen LogP contribution is 2.44. The first-order chi connectivity index (χ1) is 19.4. The molecular formula is C32H43N5O2S. The summed E-state index contributed by atoms with van der Waals surface area (Å²) in [6.07, 6.45) is 10.5. The molecule has 40 heavy (non-hydrogen) atoms. The van der Waals surface area contributed by atoms with Crippen LogP contribution in [0.2, 0.25) is 0 Å². The van der Waals surface area contributed by atoms with Crippen LogP contribution in [-0.2, 0) is 10.5 Å². The lowest BCUT2D eigenvalue weighted by Crippen LogP contribution is -2.43. The third-order valence-corrected chi connectivity index (χ3v) is 10.0. The van der Waals surface area contributed by atoms with Crippen molar-refractivity contribution in [1.29, 1.82) is 0 Å². The summed E-state index contributed by atoms with van der Waals surface area (Å²) in [4.78, 5) is 24.9. The number of carbonyl (C=O) groups is 1. The summed E-state index contributed by atoms with van der Waals surface area (Å²) < 4.78 is 5.34. The molecule has 8 heteroatoms. The Kier molecular flexibility index (Phi) is 9.35. The van der Waals surface area contributed by atoms with Crippen molar-refractivity contribution in [2.75, 3.05) is 31.4 Å². The van der Waals surface area contributed by atoms with Gasteiger partial charge >= 0.3 is 0 Å². The summed E-state index contributed by atoms with van der Waals surface area (Å²) in [6, 6.07) is 17.0. The van der Waals surface area contributed by atoms with Gasteiger partial charge in [-0.25, -0.2) is 4.98 Å². The first kappa shape index (κ1) is 28.5. The van der Waals surface area contributed by atoms with Gasteiger partial charge in [0.15, 0.2) is 0 Å². The van der Waals surface area contributed by atoms with E-state index >= 15 is 0 Å². The van der Waals surface area contributed by atoms with E-state index in [1.54, 1.807) is 7.11 Å². The molecule has 2 fully saturated rings. The number of thioether (sulfide) groups is 1. The Morgan fingerprint density at radius 2 is 1.68 bits per heavy atom. The molecule has 0 saturated heterocycles. The Balaban J connectivity index is 1.13. The number of aromatic nitrogens is 2. The van der Waals surface area contributed by atoms with Gasteiger partial charge in [0.1, 0.15) is 11.6 Å². The molecule has 0 bridgehead atoms. The summed E-state index contributed by atoms with van der Waals surface area (Å²) >= 11 is 1.98. The number of nitrogens with zero attached hydrogens (tertiary/aromatic N) is 3. The number of carbonyl (C=O) groups excluding carboxylic acids is 1. The van der Waals surface area contributed by atoms with Crippen molar-refractivity contribution < 1.29 is 9.53 Å². The maximum absolute atomic E-state index is 13.3. The number of benzene rings is 2. The van der Waals surface area contributed by atoms with Crippen molar-refractivity contribution >= 4 is 40.3 Å². The molecule has 214 valence electrons. The van der Waals surface area contributed by atoms with E-state index in [1.807, 2.05) is 61.1 Å². The number of amides is 1. The van der Waals surface area contributed by atoms with E-state index in [9.17, 15) is 4.79 Å². The van der Waals surface area contributed by atoms with Gasteiger partial charge in [0.2, 0.25) is 11.9 Å². The van der Waals surface area contributed by atoms with Crippen LogP contribution in [0.5, 0.6) is 5.75 Å². The van der Waals surface area contributed by atoms with Crippen LogP contribution in [0.25, 0.3) is 10.9 Å². The molecule has 0 radical (unpaired) electrons. The van der Waals surface area contributed by atoms with Gasteiger partial charge < -0.3 is 20.3 Å². The number of methoxy groups -OCH3 is 1. The lowest BCUT2D eigenvalue weighted by atomic mass is 9.85. The zero-order valence-electron chi connectivity index (χ0n) is 24.1. The quantitative estimate of drug-likeness (QED) is 0.290. The molecule has 1 aromatic heterocycles. The second kappa shape index (κ2) is 13.1. The molecule has 1 heterocycles. The minimum absolute atomic E-state index is 0.0403. The van der Waals surface area contributed by atoms with E-state index in [-0.39, 0.29) is 16.7 Å². The average molecular weight is 562 g/mol. The van der Waals surface area contributed by atoms with E-state index in [1.165, 1.54) is 24.8 Å². The molecule has 2 aromatic carbocycles. The van der Waals surface area contributed by atoms with Crippen LogP contribution in [0.4, 0.5) is 11.8 Å². The number of hydrogen-bond donors (Lipinski definition) is 2. The second-order valence-corrected chi connectivity index (χ2v) is 13.0. The van der Waals surface area contributed by atoms with Gasteiger partial charge in [0, 0.05) is 48.5 Å². The topological polar surface area (TPSA) is 79.4 Å². The number of rotatable bonds is 10. The van der Waals surface area contributed by atoms with Crippen molar-refractivity contribution in [3.8, 4) is 5.75 Å². The van der Waals surface area contributed by atoms with Gasteiger partial charge in [0.25, 0.3) is 0 Å². The first-order valence-electron chi connectivity index (χ1n) is 14.7. The molecule has 0 spiro atoms. The Morgan fingerprint density at radius 1 is 0.975 bits per heavy atom. The van der Waals surface area contributed by atoms with Crippen LogP contribution in [0.1, 0.15) is 69.8 Å². The third kappa shape index (κ3) is 7.19. The van der Waals surface area contributed by atoms with Crippen LogP contribution in [-0.4, -0.2) is 53.9 Å². The van der Waals surface area contributed by atoms with E-state index in [4.69, 9.17) is 14.7 Å². The van der Waals surface area contributed by atoms with E-state index in [2.05, 4.69) is 28.8 Å². The number of hydrogen-bond acceptors (Lipinski definition) is 7. The maximum Gasteiger partial charge on any atom is 0.225 e. The molecule has 7 nitrogen and oxygen atoms in total. The van der Waals surface area contributed by atoms with Gasteiger partial charge in [-0.3, -0.25) is 4.79 Å². The number of nitrogens with one attached hydrogen (secondary N) is 2. The summed E-state index contributed by atoms with van der Waals surface area (Å²) in [7, 11) is 5.73. The average Bonchev–Trinajstić information content (AvgIpc) is 2.97. The van der Waals surface area contributed by atoms with Gasteiger partial charge in [-0.1, -0.05) is 43.5 Å². The van der Waals surface area contributed by atoms with Gasteiger partial charge in [-0.2, -0.15) is 4.98 Å². The molecule has 0 atom stereocenters. The fraction of sp³-hybridized carbons (Fsp3) is 0.531. The van der Waals surface area contributed by atoms with E-state index in [0.29, 0.717) is 18.4 Å². The lowest BCUT2D eigenvalue weighted by Gasteiger charge is -2.37.